The van der Waals surface area contributed by atoms with E-state index in [4.69, 9.17) is 4.74 Å². The van der Waals surface area contributed by atoms with Gasteiger partial charge in [-0.2, -0.15) is 0 Å². The Morgan fingerprint density at radius 1 is 1.33 bits per heavy atom. The van der Waals surface area contributed by atoms with Gasteiger partial charge in [-0.1, -0.05) is 6.08 Å². The highest BCUT2D eigenvalue weighted by Crippen LogP contribution is 2.08. The summed E-state index contributed by atoms with van der Waals surface area (Å²) >= 11 is 0. The predicted octanol–water partition coefficient (Wildman–Crippen LogP) is 2.00. The van der Waals surface area contributed by atoms with Crippen LogP contribution >= 0.6 is 0 Å². The van der Waals surface area contributed by atoms with Crippen molar-refractivity contribution in [2.45, 2.75) is 33.3 Å². The molecular formula is C11H19NO3. The highest BCUT2D eigenvalue weighted by atomic mass is 16.6. The first kappa shape index (κ1) is 13.7. The van der Waals surface area contributed by atoms with Crippen molar-refractivity contribution in [3.63, 3.8) is 0 Å². The van der Waals surface area contributed by atoms with E-state index in [2.05, 4.69) is 0 Å². The monoisotopic (exact) mass is 213 g/mol. The summed E-state index contributed by atoms with van der Waals surface area (Å²) in [6.07, 6.45) is 2.59. The lowest BCUT2D eigenvalue weighted by Gasteiger charge is -2.23. The van der Waals surface area contributed by atoms with Gasteiger partial charge in [0.05, 0.1) is 6.54 Å². The van der Waals surface area contributed by atoms with Crippen LogP contribution in [-0.4, -0.2) is 36.0 Å². The van der Waals surface area contributed by atoms with Gasteiger partial charge in [0.2, 0.25) is 0 Å². The van der Waals surface area contributed by atoms with Crippen molar-refractivity contribution in [2.24, 2.45) is 0 Å². The maximum Gasteiger partial charge on any atom is 0.410 e. The third-order valence-electron chi connectivity index (χ3n) is 1.45. The van der Waals surface area contributed by atoms with Gasteiger partial charge in [0, 0.05) is 7.05 Å². The Morgan fingerprint density at radius 3 is 2.27 bits per heavy atom. The van der Waals surface area contributed by atoms with Crippen LogP contribution < -0.4 is 0 Å². The average molecular weight is 213 g/mol. The molecule has 4 heteroatoms. The van der Waals surface area contributed by atoms with Crippen molar-refractivity contribution in [3.8, 4) is 0 Å². The summed E-state index contributed by atoms with van der Waals surface area (Å²) in [5.74, 6) is -0.120. The molecule has 0 aliphatic heterocycles. The van der Waals surface area contributed by atoms with E-state index in [-0.39, 0.29) is 12.3 Å². The van der Waals surface area contributed by atoms with E-state index in [1.807, 2.05) is 0 Å². The Bertz CT molecular complexity index is 263. The van der Waals surface area contributed by atoms with E-state index in [1.54, 1.807) is 33.8 Å². The van der Waals surface area contributed by atoms with E-state index in [0.29, 0.717) is 0 Å². The molecule has 0 radical (unpaired) electrons. The Labute approximate surface area is 90.9 Å². The highest BCUT2D eigenvalue weighted by molar-refractivity contribution is 5.93. The third-order valence-corrected chi connectivity index (χ3v) is 1.45. The summed E-state index contributed by atoms with van der Waals surface area (Å²) in [7, 11) is 1.54. The zero-order chi connectivity index (χ0) is 12.1. The number of ketones is 1. The molecule has 86 valence electrons. The van der Waals surface area contributed by atoms with Gasteiger partial charge >= 0.3 is 6.09 Å². The van der Waals surface area contributed by atoms with E-state index in [1.165, 1.54) is 18.0 Å². The van der Waals surface area contributed by atoms with Crippen LogP contribution in [-0.2, 0) is 9.53 Å². The number of amides is 1. The van der Waals surface area contributed by atoms with Crippen LogP contribution in [0.15, 0.2) is 12.2 Å². The summed E-state index contributed by atoms with van der Waals surface area (Å²) in [6.45, 7) is 7.15. The van der Waals surface area contributed by atoms with Gasteiger partial charge in [-0.25, -0.2) is 4.79 Å². The summed E-state index contributed by atoms with van der Waals surface area (Å²) in [4.78, 5) is 23.9. The maximum absolute atomic E-state index is 11.4. The summed E-state index contributed by atoms with van der Waals surface area (Å²) in [5, 5.41) is 0. The van der Waals surface area contributed by atoms with Crippen molar-refractivity contribution in [2.75, 3.05) is 13.6 Å². The molecule has 0 N–H and O–H groups in total. The second-order valence-electron chi connectivity index (χ2n) is 4.30. The molecule has 1 amide bonds. The van der Waals surface area contributed by atoms with Gasteiger partial charge in [0.15, 0.2) is 5.78 Å². The van der Waals surface area contributed by atoms with Crippen LogP contribution in [0.4, 0.5) is 4.79 Å². The van der Waals surface area contributed by atoms with Crippen LogP contribution in [0.3, 0.4) is 0 Å². The van der Waals surface area contributed by atoms with Gasteiger partial charge in [0.25, 0.3) is 0 Å². The molecule has 0 spiro atoms. The van der Waals surface area contributed by atoms with Crippen LogP contribution in [0.2, 0.25) is 0 Å². The van der Waals surface area contributed by atoms with Gasteiger partial charge in [0.1, 0.15) is 5.60 Å². The average Bonchev–Trinajstić information content (AvgIpc) is 2.00. The molecular weight excluding hydrogens is 194 g/mol. The van der Waals surface area contributed by atoms with Gasteiger partial charge in [-0.05, 0) is 33.8 Å². The minimum atomic E-state index is -0.533. The number of hydrogen-bond donors (Lipinski definition) is 0. The third kappa shape index (κ3) is 6.71. The smallest absolute Gasteiger partial charge is 0.410 e. The zero-order valence-corrected chi connectivity index (χ0v) is 10.0. The van der Waals surface area contributed by atoms with Gasteiger partial charge < -0.3 is 9.64 Å². The molecule has 0 aromatic heterocycles. The molecule has 0 fully saturated rings. The van der Waals surface area contributed by atoms with Crippen LogP contribution in [0.1, 0.15) is 27.7 Å². The first-order valence-corrected chi connectivity index (χ1v) is 4.86. The quantitative estimate of drug-likeness (QED) is 0.674. The number of likely N-dealkylation sites (N-methyl/N-ethyl adjacent to an activating group) is 1. The molecule has 0 aliphatic rings. The molecule has 0 aliphatic carbocycles. The van der Waals surface area contributed by atoms with E-state index in [9.17, 15) is 9.59 Å². The fourth-order valence-electron chi connectivity index (χ4n) is 0.877. The lowest BCUT2D eigenvalue weighted by molar-refractivity contribution is -0.115. The summed E-state index contributed by atoms with van der Waals surface area (Å²) < 4.78 is 5.09. The molecule has 0 rings (SSSR count). The van der Waals surface area contributed by atoms with Crippen molar-refractivity contribution in [1.29, 1.82) is 0 Å². The SMILES string of the molecule is C/C=C/C(=O)CN(C)C(=O)OC(C)(C)C. The minimum Gasteiger partial charge on any atom is -0.444 e. The number of hydrogen-bond acceptors (Lipinski definition) is 3. The fourth-order valence-corrected chi connectivity index (χ4v) is 0.877. The lowest BCUT2D eigenvalue weighted by atomic mass is 10.2. The molecule has 0 atom stereocenters. The second kappa shape index (κ2) is 5.53. The topological polar surface area (TPSA) is 46.6 Å². The first-order chi connectivity index (χ1) is 6.76. The number of rotatable bonds is 3. The van der Waals surface area contributed by atoms with E-state index >= 15 is 0 Å². The predicted molar refractivity (Wildman–Crippen MR) is 58.7 cm³/mol. The molecule has 0 saturated carbocycles. The van der Waals surface area contributed by atoms with Crippen molar-refractivity contribution in [3.05, 3.63) is 12.2 Å². The molecule has 0 aromatic rings. The molecule has 4 nitrogen and oxygen atoms in total. The van der Waals surface area contributed by atoms with Crippen LogP contribution in [0, 0.1) is 0 Å². The molecule has 0 bridgehead atoms. The Kier molecular flexibility index (Phi) is 5.05. The number of allylic oxidation sites excluding steroid dienone is 1. The molecule has 0 unspecified atom stereocenters. The Hall–Kier alpha value is -1.32. The molecule has 0 heterocycles. The van der Waals surface area contributed by atoms with Crippen molar-refractivity contribution >= 4 is 11.9 Å². The van der Waals surface area contributed by atoms with Gasteiger partial charge in [-0.15, -0.1) is 0 Å². The van der Waals surface area contributed by atoms with Crippen LogP contribution in [0.25, 0.3) is 0 Å². The normalized spacial score (nSPS) is 11.5. The fraction of sp³-hybridized carbons (Fsp3) is 0.636. The zero-order valence-electron chi connectivity index (χ0n) is 10.0. The summed E-state index contributed by atoms with van der Waals surface area (Å²) in [6, 6.07) is 0. The lowest BCUT2D eigenvalue weighted by Crippen LogP contribution is -2.36. The van der Waals surface area contributed by atoms with Crippen LogP contribution in [0.5, 0.6) is 0 Å². The van der Waals surface area contributed by atoms with E-state index < -0.39 is 11.7 Å². The number of carbonyl (C=O) groups is 2. The second-order valence-corrected chi connectivity index (χ2v) is 4.30. The number of carbonyl (C=O) groups excluding carboxylic acids is 2. The molecule has 0 aromatic carbocycles. The van der Waals surface area contributed by atoms with Gasteiger partial charge in [-0.3, -0.25) is 4.79 Å². The minimum absolute atomic E-state index is 0.0409. The number of nitrogens with zero attached hydrogens (tertiary/aromatic N) is 1. The molecule has 15 heavy (non-hydrogen) atoms. The standard InChI is InChI=1S/C11H19NO3/c1-6-7-9(13)8-12(5)10(14)15-11(2,3)4/h6-7H,8H2,1-5H3/b7-6+. The largest absolute Gasteiger partial charge is 0.444 e. The number of ether oxygens (including phenoxy) is 1. The first-order valence-electron chi connectivity index (χ1n) is 4.86. The maximum atomic E-state index is 11.4. The molecule has 0 saturated heterocycles. The van der Waals surface area contributed by atoms with E-state index in [0.717, 1.165) is 0 Å². The highest BCUT2D eigenvalue weighted by Gasteiger charge is 2.20. The Morgan fingerprint density at radius 2 is 1.87 bits per heavy atom. The van der Waals surface area contributed by atoms with Crippen molar-refractivity contribution in [1.82, 2.24) is 4.90 Å². The Balaban J connectivity index is 4.16. The summed E-state index contributed by atoms with van der Waals surface area (Å²) in [5.41, 5.74) is -0.533. The van der Waals surface area contributed by atoms with Crippen molar-refractivity contribution < 1.29 is 14.3 Å².